The van der Waals surface area contributed by atoms with Crippen LogP contribution in [-0.2, 0) is 42.7 Å². The minimum absolute atomic E-state index is 0.0274. The second-order valence-electron chi connectivity index (χ2n) is 19.3. The van der Waals surface area contributed by atoms with E-state index in [-0.39, 0.29) is 54.4 Å². The first-order chi connectivity index (χ1) is 28.8. The van der Waals surface area contributed by atoms with E-state index in [1.165, 1.54) is 0 Å². The highest BCUT2D eigenvalue weighted by Crippen LogP contribution is 2.54. The minimum atomic E-state index is -1.42. The Labute approximate surface area is 365 Å². The molecule has 61 heavy (non-hydrogen) atoms. The van der Waals surface area contributed by atoms with Crippen LogP contribution in [0.1, 0.15) is 140 Å². The molecule has 0 unspecified atom stereocenters. The number of carbonyl (C=O) groups is 3. The fourth-order valence-electron chi connectivity index (χ4n) is 11.1. The number of hydrogen-bond donors (Lipinski definition) is 3. The Kier molecular flexibility index (Phi) is 16.3. The third-order valence-electron chi connectivity index (χ3n) is 15.3. The zero-order valence-corrected chi connectivity index (χ0v) is 38.8. The molecule has 0 bridgehead atoms. The number of alkyl carbamates (subject to hydrolysis) is 1. The summed E-state index contributed by atoms with van der Waals surface area (Å²) in [5.74, 6) is -3.14. The molecule has 0 radical (unpaired) electrons. The molecule has 1 amide bonds. The number of ketones is 1. The van der Waals surface area contributed by atoms with E-state index in [1.807, 2.05) is 60.6 Å². The predicted octanol–water partition coefficient (Wildman–Crippen LogP) is 7.03. The molecule has 13 nitrogen and oxygen atoms in total. The highest BCUT2D eigenvalue weighted by Gasteiger charge is 2.64. The van der Waals surface area contributed by atoms with Crippen molar-refractivity contribution in [1.82, 2.24) is 5.32 Å². The standard InChI is InChI=1S/C48H77NO12/c1-13-26-55-43(52)34(14-2)36-19-18-28(6)41(57-36)32(10)39(50)31(9)40(51)35(15-3)42-29(7)27-30(8)47(59-42)23-21-38(58-44(53)49-17-5)48(61-47)25-24-45(12,60-48)37-20-22-46(54,16-4)33(11)56-37/h1,21,23,28-39,41-42,50,54H,14-20,22,24-27H2,2-12H3,(H,49,53)/t28-,29-,30+,31-,32-,33-,34+,35-,36+,37+,38+,39+,41+,42-,45-,46+,47-,48-/m0/s1. The Balaban J connectivity index is 1.36. The van der Waals surface area contributed by atoms with E-state index in [0.717, 1.165) is 6.42 Å². The van der Waals surface area contributed by atoms with Gasteiger partial charge in [0.2, 0.25) is 5.79 Å². The monoisotopic (exact) mass is 860 g/mol. The Morgan fingerprint density at radius 3 is 2.26 bits per heavy atom. The van der Waals surface area contributed by atoms with Crippen molar-refractivity contribution in [2.75, 3.05) is 13.2 Å². The number of aliphatic hydroxyl groups is 2. The number of carbonyl (C=O) groups excluding carboxylic acids is 3. The van der Waals surface area contributed by atoms with Crippen LogP contribution < -0.4 is 5.32 Å². The van der Waals surface area contributed by atoms with Crippen LogP contribution in [0.3, 0.4) is 0 Å². The van der Waals surface area contributed by atoms with Crippen LogP contribution in [0, 0.1) is 53.8 Å². The highest BCUT2D eigenvalue weighted by atomic mass is 16.8. The second kappa shape index (κ2) is 20.1. The van der Waals surface area contributed by atoms with Gasteiger partial charge in [0.25, 0.3) is 0 Å². The van der Waals surface area contributed by atoms with Crippen molar-refractivity contribution < 1.29 is 57.8 Å². The van der Waals surface area contributed by atoms with Gasteiger partial charge in [-0.2, -0.15) is 0 Å². The lowest BCUT2D eigenvalue weighted by molar-refractivity contribution is -0.408. The van der Waals surface area contributed by atoms with Crippen molar-refractivity contribution in [3.05, 3.63) is 12.2 Å². The fraction of sp³-hybridized carbons (Fsp3) is 0.854. The van der Waals surface area contributed by atoms with Gasteiger partial charge in [-0.05, 0) is 103 Å². The number of amides is 1. The molecule has 18 atom stereocenters. The van der Waals surface area contributed by atoms with E-state index in [1.54, 1.807) is 6.92 Å². The molecule has 5 rings (SSSR count). The Morgan fingerprint density at radius 1 is 0.934 bits per heavy atom. The van der Waals surface area contributed by atoms with E-state index in [9.17, 15) is 24.6 Å². The minimum Gasteiger partial charge on any atom is -0.452 e. The normalized spacial score (nSPS) is 41.3. The third kappa shape index (κ3) is 10.1. The van der Waals surface area contributed by atoms with Gasteiger partial charge in [-0.1, -0.05) is 61.3 Å². The summed E-state index contributed by atoms with van der Waals surface area (Å²) in [6.07, 6.45) is 10.2. The summed E-state index contributed by atoms with van der Waals surface area (Å²) >= 11 is 0. The van der Waals surface area contributed by atoms with Crippen molar-refractivity contribution in [1.29, 1.82) is 0 Å². The maximum Gasteiger partial charge on any atom is 0.407 e. The lowest BCUT2D eigenvalue weighted by atomic mass is 9.72. The summed E-state index contributed by atoms with van der Waals surface area (Å²) in [4.78, 5) is 40.5. The molecule has 346 valence electrons. The first-order valence-electron chi connectivity index (χ1n) is 23.3. The van der Waals surface area contributed by atoms with Gasteiger partial charge in [0.15, 0.2) is 18.5 Å². The van der Waals surface area contributed by atoms with Crippen LogP contribution in [0.15, 0.2) is 12.2 Å². The number of esters is 1. The largest absolute Gasteiger partial charge is 0.452 e. The average Bonchev–Trinajstić information content (AvgIpc) is 3.58. The molecule has 4 fully saturated rings. The summed E-state index contributed by atoms with van der Waals surface area (Å²) in [5, 5.41) is 25.8. The Hall–Kier alpha value is -2.57. The molecular formula is C48H77NO12. The van der Waals surface area contributed by atoms with Crippen LogP contribution >= 0.6 is 0 Å². The van der Waals surface area contributed by atoms with Gasteiger partial charge in [0.05, 0.1) is 53.7 Å². The van der Waals surface area contributed by atoms with Crippen LogP contribution in [-0.4, -0.2) is 107 Å². The summed E-state index contributed by atoms with van der Waals surface area (Å²) < 4.78 is 45.7. The summed E-state index contributed by atoms with van der Waals surface area (Å²) in [6, 6.07) is 0. The lowest BCUT2D eigenvalue weighted by Gasteiger charge is -2.54. The number of nitrogens with one attached hydrogen (secondary N) is 1. The first-order valence-corrected chi connectivity index (χ1v) is 23.3. The van der Waals surface area contributed by atoms with E-state index in [2.05, 4.69) is 32.0 Å². The number of Topliss-reactive ketones (excluding diaryl/α,β-unsaturated/α-hetero) is 1. The van der Waals surface area contributed by atoms with Crippen LogP contribution in [0.2, 0.25) is 0 Å². The highest BCUT2D eigenvalue weighted by molar-refractivity contribution is 5.84. The van der Waals surface area contributed by atoms with Gasteiger partial charge in [0, 0.05) is 36.6 Å². The first kappa shape index (κ1) is 49.4. The number of ether oxygens (including phenoxy) is 7. The van der Waals surface area contributed by atoms with Gasteiger partial charge in [0.1, 0.15) is 5.78 Å². The zero-order chi connectivity index (χ0) is 45.1. The van der Waals surface area contributed by atoms with E-state index in [4.69, 9.17) is 39.6 Å². The number of aliphatic hydroxyl groups excluding tert-OH is 1. The van der Waals surface area contributed by atoms with Crippen molar-refractivity contribution >= 4 is 17.8 Å². The molecule has 5 aliphatic heterocycles. The molecule has 3 N–H and O–H groups in total. The Morgan fingerprint density at radius 2 is 1.64 bits per heavy atom. The maximum absolute atomic E-state index is 14.7. The zero-order valence-electron chi connectivity index (χ0n) is 38.8. The van der Waals surface area contributed by atoms with Crippen molar-refractivity contribution in [2.24, 2.45) is 41.4 Å². The average molecular weight is 860 g/mol. The van der Waals surface area contributed by atoms with Crippen molar-refractivity contribution in [3.8, 4) is 12.3 Å². The van der Waals surface area contributed by atoms with E-state index < -0.39 is 77.0 Å². The number of terminal acetylenes is 1. The molecule has 0 aromatic carbocycles. The number of hydrogen-bond acceptors (Lipinski definition) is 12. The summed E-state index contributed by atoms with van der Waals surface area (Å²) in [7, 11) is 0. The molecule has 13 heteroatoms. The summed E-state index contributed by atoms with van der Waals surface area (Å²) in [6.45, 7) is 21.8. The molecule has 4 saturated heterocycles. The molecule has 0 aromatic rings. The molecule has 5 aliphatic rings. The van der Waals surface area contributed by atoms with Gasteiger partial charge in [-0.3, -0.25) is 9.59 Å². The quantitative estimate of drug-likeness (QED) is 0.0875. The topological polar surface area (TPSA) is 168 Å². The third-order valence-corrected chi connectivity index (χ3v) is 15.3. The van der Waals surface area contributed by atoms with Crippen molar-refractivity contribution in [2.45, 2.75) is 206 Å². The Bertz CT molecular complexity index is 1600. The van der Waals surface area contributed by atoms with E-state index >= 15 is 0 Å². The molecule has 0 aromatic heterocycles. The molecule has 2 spiro atoms. The molecule has 0 saturated carbocycles. The summed E-state index contributed by atoms with van der Waals surface area (Å²) in [5.41, 5.74) is -1.74. The maximum atomic E-state index is 14.7. The lowest BCUT2D eigenvalue weighted by Crippen LogP contribution is -2.63. The van der Waals surface area contributed by atoms with Crippen LogP contribution in [0.4, 0.5) is 4.79 Å². The molecular weight excluding hydrogens is 783 g/mol. The van der Waals surface area contributed by atoms with Crippen molar-refractivity contribution in [3.63, 3.8) is 0 Å². The van der Waals surface area contributed by atoms with Gasteiger partial charge < -0.3 is 48.7 Å². The molecule has 5 heterocycles. The number of rotatable bonds is 15. The van der Waals surface area contributed by atoms with Gasteiger partial charge >= 0.3 is 12.1 Å². The van der Waals surface area contributed by atoms with E-state index in [0.29, 0.717) is 64.3 Å². The fourth-order valence-corrected chi connectivity index (χ4v) is 11.1. The smallest absolute Gasteiger partial charge is 0.407 e. The molecule has 0 aliphatic carbocycles. The van der Waals surface area contributed by atoms with Crippen LogP contribution in [0.5, 0.6) is 0 Å². The SMILES string of the molecule is C#CCOC(=O)[C@H](CC)[C@H]1CC[C@H](C)[C@H]([C@@H](C)[C@H](O)[C@H](C)C(=O)[C@H](CC)[C@H]2O[C@]3(C=C[C@@H](OC(=O)NCC)[C@]4(CC[C@@](C)([C@H]5CC[C@](O)(CC)[C@H](C)O5)O4)O3)[C@H](C)C[C@@H]2C)O1. The van der Waals surface area contributed by atoms with Crippen LogP contribution in [0.25, 0.3) is 0 Å². The van der Waals surface area contributed by atoms with Gasteiger partial charge in [-0.25, -0.2) is 4.79 Å². The van der Waals surface area contributed by atoms with Gasteiger partial charge in [-0.15, -0.1) is 6.42 Å². The predicted molar refractivity (Wildman–Crippen MR) is 229 cm³/mol. The second-order valence-corrected chi connectivity index (χ2v) is 19.3.